The summed E-state index contributed by atoms with van der Waals surface area (Å²) in [5.41, 5.74) is -0.218. The van der Waals surface area contributed by atoms with Gasteiger partial charge in [0.25, 0.3) is 5.88 Å². The van der Waals surface area contributed by atoms with E-state index in [0.29, 0.717) is 0 Å². The Hall–Kier alpha value is -2.94. The van der Waals surface area contributed by atoms with E-state index < -0.39 is 22.0 Å². The second kappa shape index (κ2) is 5.69. The van der Waals surface area contributed by atoms with Gasteiger partial charge in [-0.05, 0) is 35.9 Å². The Balaban J connectivity index is 2.01. The number of H-pyrrole nitrogens is 2. The highest BCUT2D eigenvalue weighted by atomic mass is 79.9. The van der Waals surface area contributed by atoms with E-state index in [4.69, 9.17) is 0 Å². The van der Waals surface area contributed by atoms with Crippen molar-refractivity contribution in [3.63, 3.8) is 0 Å². The molecule has 0 aliphatic heterocycles. The highest BCUT2D eigenvalue weighted by Crippen LogP contribution is 2.24. The molecule has 2 aromatic heterocycles. The van der Waals surface area contributed by atoms with Gasteiger partial charge in [-0.3, -0.25) is 14.9 Å². The molecular weight excluding hydrogens is 368 g/mol. The van der Waals surface area contributed by atoms with E-state index in [1.54, 1.807) is 12.3 Å². The summed E-state index contributed by atoms with van der Waals surface area (Å²) in [4.78, 5) is 30.2. The molecule has 0 spiro atoms. The lowest BCUT2D eigenvalue weighted by molar-refractivity contribution is -0.387. The number of aromatic nitrogens is 3. The third-order valence-electron chi connectivity index (χ3n) is 3.17. The minimum Gasteiger partial charge on any atom is -0.488 e. The van der Waals surface area contributed by atoms with Crippen molar-refractivity contribution in [2.24, 2.45) is 0 Å². The van der Waals surface area contributed by atoms with Crippen molar-refractivity contribution in [3.8, 4) is 5.88 Å². The van der Waals surface area contributed by atoms with Gasteiger partial charge in [0.15, 0.2) is 0 Å². The quantitative estimate of drug-likeness (QED) is 0.478. The minimum absolute atomic E-state index is 0.0162. The summed E-state index contributed by atoms with van der Waals surface area (Å²) in [6.07, 6.45) is 4.90. The molecule has 0 amide bonds. The maximum absolute atomic E-state index is 11.6. The van der Waals surface area contributed by atoms with Crippen molar-refractivity contribution in [2.45, 2.75) is 0 Å². The highest BCUT2D eigenvalue weighted by Gasteiger charge is 2.21. The Morgan fingerprint density at radius 2 is 2.13 bits per heavy atom. The van der Waals surface area contributed by atoms with Gasteiger partial charge in [-0.1, -0.05) is 15.9 Å². The van der Waals surface area contributed by atoms with Crippen molar-refractivity contribution in [1.82, 2.24) is 15.0 Å². The van der Waals surface area contributed by atoms with Crippen molar-refractivity contribution in [2.75, 3.05) is 0 Å². The molecule has 3 rings (SSSR count). The highest BCUT2D eigenvalue weighted by molar-refractivity contribution is 9.10. The van der Waals surface area contributed by atoms with Gasteiger partial charge in [-0.15, -0.1) is 0 Å². The van der Waals surface area contributed by atoms with Crippen molar-refractivity contribution in [3.05, 3.63) is 60.7 Å². The number of hydrogen-bond acceptors (Lipinski definition) is 5. The smallest absolute Gasteiger partial charge is 0.395 e. The van der Waals surface area contributed by atoms with Gasteiger partial charge >= 0.3 is 11.2 Å². The van der Waals surface area contributed by atoms with Crippen LogP contribution in [0, 0.1) is 10.1 Å². The van der Waals surface area contributed by atoms with Gasteiger partial charge in [-0.2, -0.15) is 4.98 Å². The Labute approximate surface area is 136 Å². The first-order chi connectivity index (χ1) is 11.0. The van der Waals surface area contributed by atoms with E-state index in [-0.39, 0.29) is 5.82 Å². The second-order valence-electron chi connectivity index (χ2n) is 4.65. The molecule has 3 aromatic rings. The fraction of sp³-hybridized carbons (Fsp3) is 0. The maximum Gasteiger partial charge on any atom is 0.395 e. The monoisotopic (exact) mass is 376 g/mol. The molecular formula is C14H9BrN4O4. The Bertz CT molecular complexity index is 1010. The van der Waals surface area contributed by atoms with Crippen LogP contribution < -0.4 is 5.56 Å². The molecule has 0 bridgehead atoms. The summed E-state index contributed by atoms with van der Waals surface area (Å²) in [6.45, 7) is 0. The number of aromatic amines is 2. The van der Waals surface area contributed by atoms with Crippen molar-refractivity contribution < 1.29 is 10.0 Å². The first-order valence-corrected chi connectivity index (χ1v) is 7.17. The molecule has 8 nitrogen and oxygen atoms in total. The fourth-order valence-electron chi connectivity index (χ4n) is 2.14. The molecule has 0 atom stereocenters. The summed E-state index contributed by atoms with van der Waals surface area (Å²) >= 11 is 3.39. The van der Waals surface area contributed by atoms with Crippen LogP contribution in [-0.2, 0) is 0 Å². The predicted octanol–water partition coefficient (Wildman–Crippen LogP) is 2.80. The molecule has 0 unspecified atom stereocenters. The molecule has 9 heteroatoms. The number of nitrogens with zero attached hydrogens (tertiary/aromatic N) is 2. The normalized spacial score (nSPS) is 11.3. The SMILES string of the molecule is O=c1[nH]c(C=Cc2c[nH]c3ccc(Br)cc23)nc(O)c1[N+](=O)[O-]. The number of fused-ring (bicyclic) bond motifs is 1. The van der Waals surface area contributed by atoms with Crippen molar-refractivity contribution >= 4 is 44.7 Å². The van der Waals surface area contributed by atoms with Crippen LogP contribution in [0.3, 0.4) is 0 Å². The molecule has 3 N–H and O–H groups in total. The van der Waals surface area contributed by atoms with Gasteiger partial charge in [0.1, 0.15) is 5.82 Å². The van der Waals surface area contributed by atoms with Gasteiger partial charge in [0, 0.05) is 21.6 Å². The summed E-state index contributed by atoms with van der Waals surface area (Å²) in [5, 5.41) is 21.1. The number of hydrogen-bond donors (Lipinski definition) is 3. The predicted molar refractivity (Wildman–Crippen MR) is 88.1 cm³/mol. The van der Waals surface area contributed by atoms with Crippen molar-refractivity contribution in [1.29, 1.82) is 0 Å². The van der Waals surface area contributed by atoms with Gasteiger partial charge in [0.2, 0.25) is 0 Å². The molecule has 2 heterocycles. The van der Waals surface area contributed by atoms with E-state index in [0.717, 1.165) is 20.9 Å². The number of nitro groups is 1. The average molecular weight is 377 g/mol. The fourth-order valence-corrected chi connectivity index (χ4v) is 2.50. The molecule has 0 saturated carbocycles. The van der Waals surface area contributed by atoms with Crippen LogP contribution in [-0.4, -0.2) is 25.0 Å². The Morgan fingerprint density at radius 1 is 1.35 bits per heavy atom. The molecule has 0 fully saturated rings. The molecule has 0 aliphatic rings. The van der Waals surface area contributed by atoms with E-state index in [1.165, 1.54) is 6.08 Å². The first-order valence-electron chi connectivity index (χ1n) is 6.38. The summed E-state index contributed by atoms with van der Waals surface area (Å²) in [5.74, 6) is -0.900. The van der Waals surface area contributed by atoms with Crippen LogP contribution in [0.5, 0.6) is 5.88 Å². The third kappa shape index (κ3) is 2.86. The maximum atomic E-state index is 11.6. The van der Waals surface area contributed by atoms with E-state index in [2.05, 4.69) is 30.9 Å². The van der Waals surface area contributed by atoms with E-state index >= 15 is 0 Å². The molecule has 0 saturated heterocycles. The minimum atomic E-state index is -1.01. The van der Waals surface area contributed by atoms with Crippen LogP contribution in [0.1, 0.15) is 11.4 Å². The molecule has 0 radical (unpaired) electrons. The van der Waals surface area contributed by atoms with Crippen LogP contribution in [0.4, 0.5) is 5.69 Å². The summed E-state index contributed by atoms with van der Waals surface area (Å²) < 4.78 is 0.916. The average Bonchev–Trinajstić information content (AvgIpc) is 2.86. The summed E-state index contributed by atoms with van der Waals surface area (Å²) in [6, 6.07) is 5.74. The van der Waals surface area contributed by atoms with Gasteiger partial charge in [-0.25, -0.2) is 0 Å². The van der Waals surface area contributed by atoms with Crippen LogP contribution in [0.2, 0.25) is 0 Å². The number of nitrogens with one attached hydrogen (secondary N) is 2. The van der Waals surface area contributed by atoms with Gasteiger partial charge < -0.3 is 15.1 Å². The van der Waals surface area contributed by atoms with E-state index in [1.807, 2.05) is 18.2 Å². The third-order valence-corrected chi connectivity index (χ3v) is 3.67. The van der Waals surface area contributed by atoms with E-state index in [9.17, 15) is 20.0 Å². The standard InChI is InChI=1S/C14H9BrN4O4/c15-8-2-3-10-9(5-8)7(6-16-10)1-4-11-17-13(20)12(19(22)23)14(21)18-11/h1-6,16H,(H2,17,18,20,21). The van der Waals surface area contributed by atoms with Gasteiger partial charge in [0.05, 0.1) is 4.92 Å². The molecule has 1 aromatic carbocycles. The number of rotatable bonds is 3. The first kappa shape index (κ1) is 15.0. The lowest BCUT2D eigenvalue weighted by atomic mass is 10.1. The molecule has 23 heavy (non-hydrogen) atoms. The summed E-state index contributed by atoms with van der Waals surface area (Å²) in [7, 11) is 0. The molecule has 116 valence electrons. The number of benzene rings is 1. The number of halogens is 1. The van der Waals surface area contributed by atoms with Crippen LogP contribution in [0.15, 0.2) is 33.7 Å². The topological polar surface area (TPSA) is 125 Å². The zero-order valence-corrected chi connectivity index (χ0v) is 13.0. The lowest BCUT2D eigenvalue weighted by Gasteiger charge is -1.97. The van der Waals surface area contributed by atoms with Crippen LogP contribution in [0.25, 0.3) is 23.1 Å². The Kier molecular flexibility index (Phi) is 3.70. The largest absolute Gasteiger partial charge is 0.488 e. The molecule has 0 aliphatic carbocycles. The van der Waals surface area contributed by atoms with Crippen LogP contribution >= 0.6 is 15.9 Å². The zero-order valence-electron chi connectivity index (χ0n) is 11.4. The Morgan fingerprint density at radius 3 is 2.83 bits per heavy atom. The lowest BCUT2D eigenvalue weighted by Crippen LogP contribution is -2.14. The second-order valence-corrected chi connectivity index (χ2v) is 5.56. The number of aromatic hydroxyl groups is 1. The zero-order chi connectivity index (χ0) is 16.6.